The summed E-state index contributed by atoms with van der Waals surface area (Å²) in [5.74, 6) is 2.41. The summed E-state index contributed by atoms with van der Waals surface area (Å²) in [4.78, 5) is 8.33. The van der Waals surface area contributed by atoms with Crippen LogP contribution in [0.25, 0.3) is 0 Å². The molecule has 0 saturated heterocycles. The number of rotatable bonds is 4. The molecular weight excluding hydrogens is 262 g/mol. The Morgan fingerprint density at radius 1 is 1.32 bits per heavy atom. The lowest BCUT2D eigenvalue weighted by Crippen LogP contribution is -2.03. The summed E-state index contributed by atoms with van der Waals surface area (Å²) in [5, 5.41) is 4.21. The molecule has 0 aliphatic carbocycles. The lowest BCUT2D eigenvalue weighted by molar-refractivity contribution is 0.173. The van der Waals surface area contributed by atoms with E-state index in [1.807, 2.05) is 30.5 Å². The first-order chi connectivity index (χ1) is 9.36. The molecule has 2 aromatic rings. The van der Waals surface area contributed by atoms with Crippen molar-refractivity contribution in [2.24, 2.45) is 0 Å². The maximum Gasteiger partial charge on any atom is 0.231 e. The number of thioether (sulfide) groups is 1. The molecule has 1 aromatic heterocycles. The minimum Gasteiger partial charge on any atom is -0.454 e. The first-order valence-corrected chi connectivity index (χ1v) is 7.06. The van der Waals surface area contributed by atoms with Gasteiger partial charge in [0.2, 0.25) is 6.79 Å². The molecule has 2 heterocycles. The smallest absolute Gasteiger partial charge is 0.231 e. The number of benzene rings is 1. The Kier molecular flexibility index (Phi) is 3.41. The van der Waals surface area contributed by atoms with E-state index < -0.39 is 0 Å². The molecule has 1 aromatic carbocycles. The van der Waals surface area contributed by atoms with Gasteiger partial charge in [-0.3, -0.25) is 0 Å². The van der Waals surface area contributed by atoms with Crippen molar-refractivity contribution in [1.29, 1.82) is 0 Å². The highest BCUT2D eigenvalue weighted by atomic mass is 32.2. The van der Waals surface area contributed by atoms with Gasteiger partial charge < -0.3 is 14.8 Å². The van der Waals surface area contributed by atoms with Crippen LogP contribution in [-0.2, 0) is 6.54 Å². The zero-order valence-electron chi connectivity index (χ0n) is 10.4. The van der Waals surface area contributed by atoms with Crippen LogP contribution in [-0.4, -0.2) is 23.0 Å². The zero-order chi connectivity index (χ0) is 13.1. The van der Waals surface area contributed by atoms with Crippen LogP contribution < -0.4 is 14.8 Å². The van der Waals surface area contributed by atoms with Crippen molar-refractivity contribution in [3.05, 3.63) is 36.2 Å². The van der Waals surface area contributed by atoms with Crippen LogP contribution >= 0.6 is 11.8 Å². The van der Waals surface area contributed by atoms with E-state index in [0.717, 1.165) is 27.9 Å². The van der Waals surface area contributed by atoms with Crippen molar-refractivity contribution in [2.75, 3.05) is 18.4 Å². The molecule has 19 heavy (non-hydrogen) atoms. The number of hydrogen-bond donors (Lipinski definition) is 1. The van der Waals surface area contributed by atoms with Gasteiger partial charge in [-0.2, -0.15) is 0 Å². The lowest BCUT2D eigenvalue weighted by atomic mass is 10.2. The van der Waals surface area contributed by atoms with Crippen molar-refractivity contribution in [1.82, 2.24) is 9.97 Å². The molecule has 98 valence electrons. The van der Waals surface area contributed by atoms with E-state index in [4.69, 9.17) is 9.47 Å². The van der Waals surface area contributed by atoms with Gasteiger partial charge in [-0.1, -0.05) is 12.1 Å². The van der Waals surface area contributed by atoms with Crippen molar-refractivity contribution in [3.8, 4) is 11.5 Å². The fourth-order valence-electron chi connectivity index (χ4n) is 1.86. The molecular formula is C13H13N3O2S. The lowest BCUT2D eigenvalue weighted by Gasteiger charge is -2.08. The molecule has 1 aliphatic heterocycles. The van der Waals surface area contributed by atoms with Crippen molar-refractivity contribution >= 4 is 17.6 Å². The van der Waals surface area contributed by atoms with Gasteiger partial charge in [0.25, 0.3) is 0 Å². The number of nitrogens with zero attached hydrogens (tertiary/aromatic N) is 2. The number of para-hydroxylation sites is 1. The molecule has 0 bridgehead atoms. The van der Waals surface area contributed by atoms with Gasteiger partial charge in [-0.05, 0) is 12.3 Å². The maximum atomic E-state index is 5.46. The Hall–Kier alpha value is -1.95. The molecule has 1 N–H and O–H groups in total. The highest BCUT2D eigenvalue weighted by molar-refractivity contribution is 7.98. The minimum atomic E-state index is 0.288. The molecule has 3 rings (SSSR count). The molecule has 6 heteroatoms. The summed E-state index contributed by atoms with van der Waals surface area (Å²) in [5.41, 5.74) is 1.05. The number of fused-ring (bicyclic) bond motifs is 1. The summed E-state index contributed by atoms with van der Waals surface area (Å²) in [7, 11) is 0. The van der Waals surface area contributed by atoms with Crippen LogP contribution in [0.1, 0.15) is 5.56 Å². The van der Waals surface area contributed by atoms with Gasteiger partial charge in [0.05, 0.1) is 0 Å². The Balaban J connectivity index is 1.74. The monoisotopic (exact) mass is 275 g/mol. The normalized spacial score (nSPS) is 12.5. The number of ether oxygens (including phenoxy) is 2. The summed E-state index contributed by atoms with van der Waals surface area (Å²) in [6.07, 6.45) is 3.55. The second-order valence-corrected chi connectivity index (χ2v) is 4.78. The second-order valence-electron chi connectivity index (χ2n) is 3.95. The fraction of sp³-hybridized carbons (Fsp3) is 0.231. The molecule has 0 amide bonds. The fourth-order valence-corrected chi connectivity index (χ4v) is 2.25. The molecule has 0 unspecified atom stereocenters. The average molecular weight is 275 g/mol. The van der Waals surface area contributed by atoms with E-state index in [-0.39, 0.29) is 6.79 Å². The summed E-state index contributed by atoms with van der Waals surface area (Å²) < 4.78 is 10.8. The SMILES string of the molecule is CSc1cc(NCc2cccc3c2OCO3)ncn1. The third-order valence-corrected chi connectivity index (χ3v) is 3.43. The predicted octanol–water partition coefficient (Wildman–Crippen LogP) is 2.54. The van der Waals surface area contributed by atoms with Crippen LogP contribution in [0.4, 0.5) is 5.82 Å². The van der Waals surface area contributed by atoms with Crippen molar-refractivity contribution in [3.63, 3.8) is 0 Å². The van der Waals surface area contributed by atoms with E-state index in [9.17, 15) is 0 Å². The summed E-state index contributed by atoms with van der Waals surface area (Å²) in [6.45, 7) is 0.924. The van der Waals surface area contributed by atoms with E-state index in [1.54, 1.807) is 18.1 Å². The third-order valence-electron chi connectivity index (χ3n) is 2.79. The Morgan fingerprint density at radius 2 is 2.26 bits per heavy atom. The van der Waals surface area contributed by atoms with Crippen molar-refractivity contribution < 1.29 is 9.47 Å². The minimum absolute atomic E-state index is 0.288. The van der Waals surface area contributed by atoms with Gasteiger partial charge >= 0.3 is 0 Å². The van der Waals surface area contributed by atoms with Crippen LogP contribution in [0.15, 0.2) is 35.6 Å². The van der Waals surface area contributed by atoms with Crippen LogP contribution in [0.2, 0.25) is 0 Å². The Morgan fingerprint density at radius 3 is 3.16 bits per heavy atom. The third kappa shape index (κ3) is 2.58. The largest absolute Gasteiger partial charge is 0.454 e. The van der Waals surface area contributed by atoms with Crippen LogP contribution in [0.3, 0.4) is 0 Å². The molecule has 1 aliphatic rings. The number of nitrogens with one attached hydrogen (secondary N) is 1. The molecule has 0 saturated carbocycles. The number of anilines is 1. The van der Waals surface area contributed by atoms with Gasteiger partial charge in [0.1, 0.15) is 17.2 Å². The quantitative estimate of drug-likeness (QED) is 0.683. The Labute approximate surface area is 115 Å². The average Bonchev–Trinajstić information content (AvgIpc) is 2.94. The predicted molar refractivity (Wildman–Crippen MR) is 73.7 cm³/mol. The summed E-state index contributed by atoms with van der Waals surface area (Å²) >= 11 is 1.59. The van der Waals surface area contributed by atoms with E-state index >= 15 is 0 Å². The number of hydrogen-bond acceptors (Lipinski definition) is 6. The van der Waals surface area contributed by atoms with E-state index in [1.165, 1.54) is 0 Å². The molecule has 0 radical (unpaired) electrons. The van der Waals surface area contributed by atoms with Gasteiger partial charge in [-0.15, -0.1) is 11.8 Å². The van der Waals surface area contributed by atoms with Crippen molar-refractivity contribution in [2.45, 2.75) is 11.6 Å². The highest BCUT2D eigenvalue weighted by Crippen LogP contribution is 2.35. The van der Waals surface area contributed by atoms with Gasteiger partial charge in [0.15, 0.2) is 11.5 Å². The molecule has 0 atom stereocenters. The standard InChI is InChI=1S/C13H13N3O2S/c1-19-12-5-11(15-7-16-12)14-6-9-3-2-4-10-13(9)18-8-17-10/h2-5,7H,6,8H2,1H3,(H,14,15,16). The molecule has 0 fully saturated rings. The first-order valence-electron chi connectivity index (χ1n) is 5.84. The van der Waals surface area contributed by atoms with Gasteiger partial charge in [0, 0.05) is 18.2 Å². The van der Waals surface area contributed by atoms with E-state index in [2.05, 4.69) is 15.3 Å². The second kappa shape index (κ2) is 5.36. The molecule has 5 nitrogen and oxygen atoms in total. The number of aromatic nitrogens is 2. The van der Waals surface area contributed by atoms with Crippen LogP contribution in [0, 0.1) is 0 Å². The maximum absolute atomic E-state index is 5.46. The summed E-state index contributed by atoms with van der Waals surface area (Å²) in [6, 6.07) is 7.79. The topological polar surface area (TPSA) is 56.3 Å². The van der Waals surface area contributed by atoms with Crippen LogP contribution in [0.5, 0.6) is 11.5 Å². The zero-order valence-corrected chi connectivity index (χ0v) is 11.2. The van der Waals surface area contributed by atoms with E-state index in [0.29, 0.717) is 6.54 Å². The first kappa shape index (κ1) is 12.1. The highest BCUT2D eigenvalue weighted by Gasteiger charge is 2.16. The van der Waals surface area contributed by atoms with Gasteiger partial charge in [-0.25, -0.2) is 9.97 Å². The Bertz CT molecular complexity index is 592. The molecule has 0 spiro atoms.